The molecule has 0 aromatic heterocycles. The molecule has 0 aliphatic heterocycles. The van der Waals surface area contributed by atoms with Gasteiger partial charge in [0.2, 0.25) is 20.0 Å². The van der Waals surface area contributed by atoms with E-state index >= 15 is 0 Å². The van der Waals surface area contributed by atoms with Crippen LogP contribution in [-0.4, -0.2) is 47.5 Å². The van der Waals surface area contributed by atoms with Crippen LogP contribution in [0, 0.1) is 0 Å². The van der Waals surface area contributed by atoms with Gasteiger partial charge in [0.1, 0.15) is 11.9 Å². The van der Waals surface area contributed by atoms with Crippen LogP contribution in [0.5, 0.6) is 5.75 Å². The summed E-state index contributed by atoms with van der Waals surface area (Å²) in [6.07, 6.45) is 2.39. The van der Waals surface area contributed by atoms with Crippen molar-refractivity contribution in [3.8, 4) is 5.75 Å². The monoisotopic (exact) mass is 420 g/mol. The van der Waals surface area contributed by atoms with Crippen molar-refractivity contribution in [1.29, 1.82) is 0 Å². The van der Waals surface area contributed by atoms with Crippen LogP contribution in [-0.2, 0) is 26.5 Å². The zero-order valence-electron chi connectivity index (χ0n) is 16.4. The van der Waals surface area contributed by atoms with Crippen LogP contribution in [0.2, 0.25) is 0 Å². The average molecular weight is 421 g/mol. The van der Waals surface area contributed by atoms with E-state index in [4.69, 9.17) is 4.74 Å². The molecule has 0 saturated carbocycles. The molecule has 1 atom stereocenters. The van der Waals surface area contributed by atoms with Crippen molar-refractivity contribution >= 4 is 20.0 Å². The maximum Gasteiger partial charge on any atom is 0.211 e. The van der Waals surface area contributed by atoms with E-state index in [2.05, 4.69) is 9.44 Å². The van der Waals surface area contributed by atoms with Gasteiger partial charge >= 0.3 is 0 Å². The first-order valence-corrected chi connectivity index (χ1v) is 12.7. The Bertz CT molecular complexity index is 746. The molecule has 1 aromatic rings. The van der Waals surface area contributed by atoms with E-state index in [1.165, 1.54) is 0 Å². The third kappa shape index (κ3) is 10.7. The molecular formula is C18H32N2O5S2. The van der Waals surface area contributed by atoms with E-state index in [1.807, 2.05) is 45.0 Å². The van der Waals surface area contributed by atoms with E-state index in [-0.39, 0.29) is 24.2 Å². The Morgan fingerprint density at radius 3 is 2.04 bits per heavy atom. The number of ether oxygens (including phenoxy) is 1. The van der Waals surface area contributed by atoms with Crippen molar-refractivity contribution in [1.82, 2.24) is 9.44 Å². The van der Waals surface area contributed by atoms with Crippen molar-refractivity contribution in [2.75, 3.05) is 24.6 Å². The summed E-state index contributed by atoms with van der Waals surface area (Å²) in [6.45, 7) is 6.12. The summed E-state index contributed by atoms with van der Waals surface area (Å²) in [5, 5.41) is 0. The van der Waals surface area contributed by atoms with E-state index < -0.39 is 20.0 Å². The predicted molar refractivity (Wildman–Crippen MR) is 109 cm³/mol. The Kier molecular flexibility index (Phi) is 10.3. The standard InChI is InChI=1S/C18H32N2O5S2/c1-4-13-26(21,22)19-12-6-7-17-8-10-18(11-9-17)25-16(3)15-20-27(23,24)14-5-2/h8-11,16,19-20H,4-7,12-15H2,1-3H3. The van der Waals surface area contributed by atoms with Gasteiger partial charge in [-0.25, -0.2) is 26.3 Å². The Balaban J connectivity index is 2.37. The van der Waals surface area contributed by atoms with E-state index in [0.717, 1.165) is 18.4 Å². The maximum atomic E-state index is 11.6. The Labute approximate surface area is 164 Å². The van der Waals surface area contributed by atoms with E-state index in [0.29, 0.717) is 25.1 Å². The third-order valence-corrected chi connectivity index (χ3v) is 6.90. The molecule has 156 valence electrons. The fourth-order valence-electron chi connectivity index (χ4n) is 2.45. The summed E-state index contributed by atoms with van der Waals surface area (Å²) in [4.78, 5) is 0. The van der Waals surface area contributed by atoms with Crippen molar-refractivity contribution in [3.05, 3.63) is 29.8 Å². The molecule has 1 aromatic carbocycles. The number of nitrogens with one attached hydrogen (secondary N) is 2. The van der Waals surface area contributed by atoms with Crippen LogP contribution in [0.3, 0.4) is 0 Å². The number of benzene rings is 1. The van der Waals surface area contributed by atoms with E-state index in [1.54, 1.807) is 0 Å². The van der Waals surface area contributed by atoms with Gasteiger partial charge in [0.25, 0.3) is 0 Å². The van der Waals surface area contributed by atoms with Gasteiger partial charge in [-0.05, 0) is 50.3 Å². The summed E-state index contributed by atoms with van der Waals surface area (Å²) in [7, 11) is -6.38. The molecule has 1 rings (SSSR count). The smallest absolute Gasteiger partial charge is 0.211 e. The highest BCUT2D eigenvalue weighted by Gasteiger charge is 2.12. The minimum absolute atomic E-state index is 0.114. The molecule has 7 nitrogen and oxygen atoms in total. The second-order valence-corrected chi connectivity index (χ2v) is 10.4. The molecule has 0 heterocycles. The molecule has 2 N–H and O–H groups in total. The molecular weight excluding hydrogens is 388 g/mol. The highest BCUT2D eigenvalue weighted by Crippen LogP contribution is 2.15. The number of aryl methyl sites for hydroxylation is 1. The summed E-state index contributed by atoms with van der Waals surface area (Å²) in [6, 6.07) is 7.55. The number of sulfonamides is 2. The minimum atomic E-state index is -3.23. The maximum absolute atomic E-state index is 11.6. The zero-order valence-corrected chi connectivity index (χ0v) is 18.0. The van der Waals surface area contributed by atoms with Crippen molar-refractivity contribution < 1.29 is 21.6 Å². The largest absolute Gasteiger partial charge is 0.489 e. The number of hydrogen-bond acceptors (Lipinski definition) is 5. The Morgan fingerprint density at radius 2 is 1.48 bits per heavy atom. The highest BCUT2D eigenvalue weighted by molar-refractivity contribution is 7.89. The van der Waals surface area contributed by atoms with Gasteiger partial charge in [-0.1, -0.05) is 26.0 Å². The highest BCUT2D eigenvalue weighted by atomic mass is 32.2. The van der Waals surface area contributed by atoms with Crippen LogP contribution < -0.4 is 14.2 Å². The van der Waals surface area contributed by atoms with Crippen molar-refractivity contribution in [3.63, 3.8) is 0 Å². The van der Waals surface area contributed by atoms with Crippen LogP contribution >= 0.6 is 0 Å². The molecule has 9 heteroatoms. The van der Waals surface area contributed by atoms with Gasteiger partial charge < -0.3 is 4.74 Å². The molecule has 0 spiro atoms. The molecule has 0 aliphatic carbocycles. The van der Waals surface area contributed by atoms with Crippen LogP contribution in [0.15, 0.2) is 24.3 Å². The van der Waals surface area contributed by atoms with Gasteiger partial charge in [-0.15, -0.1) is 0 Å². The lowest BCUT2D eigenvalue weighted by Gasteiger charge is -2.16. The summed E-state index contributed by atoms with van der Waals surface area (Å²) < 4.78 is 57.3. The molecule has 0 aliphatic rings. The lowest BCUT2D eigenvalue weighted by molar-refractivity contribution is 0.225. The van der Waals surface area contributed by atoms with Crippen LogP contribution in [0.1, 0.15) is 45.6 Å². The molecule has 0 bridgehead atoms. The molecule has 1 unspecified atom stereocenters. The second kappa shape index (κ2) is 11.6. The first kappa shape index (κ1) is 23.9. The molecule has 0 amide bonds. The quantitative estimate of drug-likeness (QED) is 0.449. The lowest BCUT2D eigenvalue weighted by atomic mass is 10.1. The number of hydrogen-bond donors (Lipinski definition) is 2. The minimum Gasteiger partial charge on any atom is -0.489 e. The fourth-order valence-corrected chi connectivity index (χ4v) is 4.76. The summed E-state index contributed by atoms with van der Waals surface area (Å²) in [5.41, 5.74) is 1.09. The lowest BCUT2D eigenvalue weighted by Crippen LogP contribution is -2.34. The van der Waals surface area contributed by atoms with Crippen LogP contribution in [0.25, 0.3) is 0 Å². The Morgan fingerprint density at radius 1 is 0.926 bits per heavy atom. The third-order valence-electron chi connectivity index (χ3n) is 3.76. The van der Waals surface area contributed by atoms with Gasteiger partial charge in [0.05, 0.1) is 11.5 Å². The molecule has 0 radical (unpaired) electrons. The van der Waals surface area contributed by atoms with Gasteiger partial charge in [-0.3, -0.25) is 0 Å². The normalized spacial score (nSPS) is 13.4. The first-order valence-electron chi connectivity index (χ1n) is 9.37. The van der Waals surface area contributed by atoms with Crippen molar-refractivity contribution in [2.24, 2.45) is 0 Å². The summed E-state index contributed by atoms with van der Waals surface area (Å²) in [5.74, 6) is 0.944. The first-order chi connectivity index (χ1) is 12.7. The van der Waals surface area contributed by atoms with Gasteiger partial charge in [-0.2, -0.15) is 0 Å². The van der Waals surface area contributed by atoms with Gasteiger partial charge in [0, 0.05) is 13.1 Å². The average Bonchev–Trinajstić information content (AvgIpc) is 2.58. The Hall–Kier alpha value is -1.16. The molecule has 27 heavy (non-hydrogen) atoms. The summed E-state index contributed by atoms with van der Waals surface area (Å²) >= 11 is 0. The topological polar surface area (TPSA) is 102 Å². The number of rotatable bonds is 14. The predicted octanol–water partition coefficient (Wildman–Crippen LogP) is 2.05. The van der Waals surface area contributed by atoms with E-state index in [9.17, 15) is 16.8 Å². The van der Waals surface area contributed by atoms with Crippen molar-refractivity contribution in [2.45, 2.75) is 52.6 Å². The zero-order chi connectivity index (χ0) is 20.3. The van der Waals surface area contributed by atoms with Gasteiger partial charge in [0.15, 0.2) is 0 Å². The van der Waals surface area contributed by atoms with Crippen LogP contribution in [0.4, 0.5) is 0 Å². The fraction of sp³-hybridized carbons (Fsp3) is 0.667. The molecule has 0 saturated heterocycles. The molecule has 0 fully saturated rings. The SMILES string of the molecule is CCCS(=O)(=O)NCCCc1ccc(OC(C)CNS(=O)(=O)CCC)cc1. The second-order valence-electron chi connectivity index (χ2n) is 6.56.